The number of carbonyl (C=O) groups is 2. The van der Waals surface area contributed by atoms with Crippen LogP contribution in [0.15, 0.2) is 29.8 Å². The number of allylic oxidation sites excluding steroid dienone is 1. The van der Waals surface area contributed by atoms with E-state index in [0.717, 1.165) is 25.1 Å². The molecular formula is C14H14N2O2. The van der Waals surface area contributed by atoms with Gasteiger partial charge in [-0.1, -0.05) is 11.6 Å². The fourth-order valence-electron chi connectivity index (χ4n) is 2.39. The van der Waals surface area contributed by atoms with Crippen molar-refractivity contribution in [2.75, 3.05) is 11.9 Å². The zero-order valence-electron chi connectivity index (χ0n) is 9.95. The number of rotatable bonds is 3. The Balaban J connectivity index is 1.76. The van der Waals surface area contributed by atoms with Gasteiger partial charge >= 0.3 is 0 Å². The van der Waals surface area contributed by atoms with E-state index >= 15 is 0 Å². The predicted octanol–water partition coefficient (Wildman–Crippen LogP) is 2.09. The molecule has 0 radical (unpaired) electrons. The van der Waals surface area contributed by atoms with Crippen LogP contribution in [0, 0.1) is 0 Å². The SMILES string of the molecule is O=C1NC(=O)c2cc(NCC3=CCCC3)ccc21. The molecule has 1 aliphatic heterocycles. The van der Waals surface area contributed by atoms with Gasteiger partial charge in [0.25, 0.3) is 11.8 Å². The van der Waals surface area contributed by atoms with Crippen LogP contribution in [0.4, 0.5) is 5.69 Å². The molecule has 1 heterocycles. The normalized spacial score (nSPS) is 17.4. The maximum atomic E-state index is 11.5. The minimum absolute atomic E-state index is 0.306. The van der Waals surface area contributed by atoms with Gasteiger partial charge in [-0.3, -0.25) is 14.9 Å². The van der Waals surface area contributed by atoms with E-state index in [1.807, 2.05) is 6.07 Å². The third-order valence-electron chi connectivity index (χ3n) is 3.39. The lowest BCUT2D eigenvalue weighted by Gasteiger charge is -2.07. The van der Waals surface area contributed by atoms with Gasteiger partial charge < -0.3 is 5.32 Å². The number of hydrogen-bond acceptors (Lipinski definition) is 3. The molecule has 1 aromatic rings. The molecule has 0 spiro atoms. The molecule has 4 nitrogen and oxygen atoms in total. The Morgan fingerprint density at radius 2 is 2.00 bits per heavy atom. The van der Waals surface area contributed by atoms with Gasteiger partial charge in [0.05, 0.1) is 11.1 Å². The monoisotopic (exact) mass is 242 g/mol. The molecule has 1 aliphatic carbocycles. The van der Waals surface area contributed by atoms with Crippen LogP contribution in [-0.4, -0.2) is 18.4 Å². The van der Waals surface area contributed by atoms with Crippen molar-refractivity contribution in [3.63, 3.8) is 0 Å². The molecular weight excluding hydrogens is 228 g/mol. The topological polar surface area (TPSA) is 58.2 Å². The molecule has 3 rings (SSSR count). The summed E-state index contributed by atoms with van der Waals surface area (Å²) in [6.07, 6.45) is 5.81. The fourth-order valence-corrected chi connectivity index (χ4v) is 2.39. The highest BCUT2D eigenvalue weighted by atomic mass is 16.2. The molecule has 0 fully saturated rings. The Morgan fingerprint density at radius 3 is 2.78 bits per heavy atom. The van der Waals surface area contributed by atoms with Crippen molar-refractivity contribution in [1.82, 2.24) is 5.32 Å². The first-order valence-electron chi connectivity index (χ1n) is 6.15. The molecule has 18 heavy (non-hydrogen) atoms. The second-order valence-electron chi connectivity index (χ2n) is 4.65. The summed E-state index contributed by atoms with van der Waals surface area (Å²) >= 11 is 0. The average Bonchev–Trinajstić information content (AvgIpc) is 2.97. The maximum Gasteiger partial charge on any atom is 0.259 e. The number of fused-ring (bicyclic) bond motifs is 1. The van der Waals surface area contributed by atoms with Crippen molar-refractivity contribution in [3.05, 3.63) is 41.0 Å². The van der Waals surface area contributed by atoms with Crippen molar-refractivity contribution in [2.24, 2.45) is 0 Å². The van der Waals surface area contributed by atoms with Crippen LogP contribution in [0.5, 0.6) is 0 Å². The van der Waals surface area contributed by atoms with Crippen LogP contribution in [-0.2, 0) is 0 Å². The molecule has 0 atom stereocenters. The zero-order chi connectivity index (χ0) is 12.5. The minimum Gasteiger partial charge on any atom is -0.381 e. The Bertz CT molecular complexity index is 561. The summed E-state index contributed by atoms with van der Waals surface area (Å²) in [6, 6.07) is 5.28. The fraction of sp³-hybridized carbons (Fsp3) is 0.286. The van der Waals surface area contributed by atoms with Gasteiger partial charge in [-0.05, 0) is 37.5 Å². The molecule has 92 valence electrons. The largest absolute Gasteiger partial charge is 0.381 e. The van der Waals surface area contributed by atoms with E-state index in [0.29, 0.717) is 11.1 Å². The molecule has 2 N–H and O–H groups in total. The van der Waals surface area contributed by atoms with Crippen LogP contribution in [0.2, 0.25) is 0 Å². The second kappa shape index (κ2) is 4.29. The Kier molecular flexibility index (Phi) is 2.63. The van der Waals surface area contributed by atoms with E-state index in [1.165, 1.54) is 12.0 Å². The average molecular weight is 242 g/mol. The van der Waals surface area contributed by atoms with E-state index in [-0.39, 0.29) is 11.8 Å². The molecule has 2 amide bonds. The van der Waals surface area contributed by atoms with Gasteiger partial charge in [0.15, 0.2) is 0 Å². The number of amides is 2. The van der Waals surface area contributed by atoms with Crippen molar-refractivity contribution in [2.45, 2.75) is 19.3 Å². The van der Waals surface area contributed by atoms with Crippen LogP contribution in [0.3, 0.4) is 0 Å². The van der Waals surface area contributed by atoms with Crippen LogP contribution < -0.4 is 10.6 Å². The van der Waals surface area contributed by atoms with Gasteiger partial charge in [0, 0.05) is 12.2 Å². The van der Waals surface area contributed by atoms with E-state index in [2.05, 4.69) is 16.7 Å². The lowest BCUT2D eigenvalue weighted by molar-refractivity contribution is 0.0879. The lowest BCUT2D eigenvalue weighted by Crippen LogP contribution is -2.19. The van der Waals surface area contributed by atoms with Gasteiger partial charge in [-0.15, -0.1) is 0 Å². The summed E-state index contributed by atoms with van der Waals surface area (Å²) in [7, 11) is 0. The summed E-state index contributed by atoms with van der Waals surface area (Å²) in [5.74, 6) is -0.612. The Hall–Kier alpha value is -2.10. The number of nitrogens with one attached hydrogen (secondary N) is 2. The standard InChI is InChI=1S/C14H14N2O2/c17-13-11-6-5-10(7-12(11)14(18)16-13)15-8-9-3-1-2-4-9/h3,5-7,15H,1-2,4,8H2,(H,16,17,18). The molecule has 4 heteroatoms. The number of anilines is 1. The van der Waals surface area contributed by atoms with E-state index in [1.54, 1.807) is 12.1 Å². The first kappa shape index (κ1) is 11.0. The highest BCUT2D eigenvalue weighted by Gasteiger charge is 2.26. The second-order valence-corrected chi connectivity index (χ2v) is 4.65. The lowest BCUT2D eigenvalue weighted by atomic mass is 10.1. The minimum atomic E-state index is -0.307. The van der Waals surface area contributed by atoms with Crippen molar-refractivity contribution >= 4 is 17.5 Å². The van der Waals surface area contributed by atoms with Gasteiger partial charge in [0.1, 0.15) is 0 Å². The molecule has 0 bridgehead atoms. The first-order chi connectivity index (χ1) is 8.74. The predicted molar refractivity (Wildman–Crippen MR) is 68.7 cm³/mol. The zero-order valence-corrected chi connectivity index (χ0v) is 9.95. The van der Waals surface area contributed by atoms with Gasteiger partial charge in [-0.25, -0.2) is 0 Å². The van der Waals surface area contributed by atoms with Crippen LogP contribution in [0.25, 0.3) is 0 Å². The molecule has 0 saturated heterocycles. The van der Waals surface area contributed by atoms with Crippen LogP contribution >= 0.6 is 0 Å². The molecule has 1 aromatic carbocycles. The summed E-state index contributed by atoms with van der Waals surface area (Å²) < 4.78 is 0. The smallest absolute Gasteiger partial charge is 0.259 e. The molecule has 2 aliphatic rings. The van der Waals surface area contributed by atoms with Gasteiger partial charge in [0.2, 0.25) is 0 Å². The molecule has 0 unspecified atom stereocenters. The van der Waals surface area contributed by atoms with Gasteiger partial charge in [-0.2, -0.15) is 0 Å². The highest BCUT2D eigenvalue weighted by molar-refractivity contribution is 6.21. The highest BCUT2D eigenvalue weighted by Crippen LogP contribution is 2.22. The van der Waals surface area contributed by atoms with E-state index in [4.69, 9.17) is 0 Å². The Morgan fingerprint density at radius 1 is 1.17 bits per heavy atom. The molecule has 0 saturated carbocycles. The van der Waals surface area contributed by atoms with Crippen molar-refractivity contribution in [3.8, 4) is 0 Å². The van der Waals surface area contributed by atoms with E-state index < -0.39 is 0 Å². The summed E-state index contributed by atoms with van der Waals surface area (Å²) in [5.41, 5.74) is 3.22. The molecule has 0 aromatic heterocycles. The van der Waals surface area contributed by atoms with E-state index in [9.17, 15) is 9.59 Å². The third-order valence-corrected chi connectivity index (χ3v) is 3.39. The van der Waals surface area contributed by atoms with Crippen molar-refractivity contribution in [1.29, 1.82) is 0 Å². The maximum absolute atomic E-state index is 11.5. The summed E-state index contributed by atoms with van der Waals surface area (Å²) in [5, 5.41) is 5.58. The number of carbonyl (C=O) groups excluding carboxylic acids is 2. The van der Waals surface area contributed by atoms with Crippen molar-refractivity contribution < 1.29 is 9.59 Å². The third kappa shape index (κ3) is 1.90. The first-order valence-corrected chi connectivity index (χ1v) is 6.15. The summed E-state index contributed by atoms with van der Waals surface area (Å²) in [4.78, 5) is 22.9. The number of imide groups is 1. The quantitative estimate of drug-likeness (QED) is 0.630. The Labute approximate surface area is 105 Å². The summed E-state index contributed by atoms with van der Waals surface area (Å²) in [6.45, 7) is 0.814. The van der Waals surface area contributed by atoms with Crippen LogP contribution in [0.1, 0.15) is 40.0 Å². The number of hydrogen-bond donors (Lipinski definition) is 2. The number of benzene rings is 1.